The van der Waals surface area contributed by atoms with Crippen LogP contribution in [0.3, 0.4) is 0 Å². The minimum absolute atomic E-state index is 0.283. The van der Waals surface area contributed by atoms with E-state index < -0.39 is 0 Å². The Morgan fingerprint density at radius 2 is 1.75 bits per heavy atom. The van der Waals surface area contributed by atoms with Crippen molar-refractivity contribution in [3.63, 3.8) is 0 Å². The Morgan fingerprint density at radius 1 is 1.10 bits per heavy atom. The van der Waals surface area contributed by atoms with Crippen LogP contribution in [-0.2, 0) is 0 Å². The van der Waals surface area contributed by atoms with Crippen molar-refractivity contribution in [1.82, 2.24) is 0 Å². The molecule has 0 saturated carbocycles. The third-order valence-electron chi connectivity index (χ3n) is 3.29. The number of anilines is 1. The van der Waals surface area contributed by atoms with Crippen molar-refractivity contribution in [2.75, 3.05) is 18.6 Å². The van der Waals surface area contributed by atoms with Crippen LogP contribution in [0.4, 0.5) is 5.69 Å². The Labute approximate surface area is 120 Å². The standard InChI is InChI=1S/C17H18N2O/c1-3-19(15-9-11-16(20-2)12-10-15)17(13-18)14-7-5-4-6-8-14/h4-12,17H,3H2,1-2H3. The fourth-order valence-electron chi connectivity index (χ4n) is 2.25. The summed E-state index contributed by atoms with van der Waals surface area (Å²) in [6, 6.07) is 19.8. The predicted octanol–water partition coefficient (Wildman–Crippen LogP) is 3.79. The summed E-state index contributed by atoms with van der Waals surface area (Å²) < 4.78 is 5.17. The van der Waals surface area contributed by atoms with Crippen molar-refractivity contribution < 1.29 is 4.74 Å². The minimum atomic E-state index is -0.283. The first kappa shape index (κ1) is 14.0. The number of benzene rings is 2. The zero-order valence-electron chi connectivity index (χ0n) is 11.8. The lowest BCUT2D eigenvalue weighted by atomic mass is 10.1. The molecule has 0 saturated heterocycles. The van der Waals surface area contributed by atoms with Gasteiger partial charge in [0, 0.05) is 12.2 Å². The van der Waals surface area contributed by atoms with Crippen LogP contribution in [0.5, 0.6) is 5.75 Å². The average Bonchev–Trinajstić information content (AvgIpc) is 2.53. The van der Waals surface area contributed by atoms with Crippen molar-refractivity contribution in [2.24, 2.45) is 0 Å². The van der Waals surface area contributed by atoms with Crippen LogP contribution in [0.2, 0.25) is 0 Å². The first-order valence-electron chi connectivity index (χ1n) is 6.65. The SMILES string of the molecule is CCN(c1ccc(OC)cc1)C(C#N)c1ccccc1. The van der Waals surface area contributed by atoms with Gasteiger partial charge < -0.3 is 9.64 Å². The molecule has 3 heteroatoms. The van der Waals surface area contributed by atoms with Gasteiger partial charge in [-0.1, -0.05) is 30.3 Å². The number of hydrogen-bond acceptors (Lipinski definition) is 3. The maximum atomic E-state index is 9.53. The monoisotopic (exact) mass is 266 g/mol. The second-order valence-electron chi connectivity index (χ2n) is 4.43. The highest BCUT2D eigenvalue weighted by Crippen LogP contribution is 2.27. The summed E-state index contributed by atoms with van der Waals surface area (Å²) in [5.41, 5.74) is 2.02. The summed E-state index contributed by atoms with van der Waals surface area (Å²) in [5.74, 6) is 0.818. The molecule has 2 aromatic carbocycles. The van der Waals surface area contributed by atoms with E-state index >= 15 is 0 Å². The zero-order chi connectivity index (χ0) is 14.4. The second-order valence-corrected chi connectivity index (χ2v) is 4.43. The number of ether oxygens (including phenoxy) is 1. The summed E-state index contributed by atoms with van der Waals surface area (Å²) in [6.07, 6.45) is 0. The molecule has 0 N–H and O–H groups in total. The topological polar surface area (TPSA) is 36.3 Å². The molecule has 0 amide bonds. The van der Waals surface area contributed by atoms with Gasteiger partial charge in [0.2, 0.25) is 0 Å². The Bertz CT molecular complexity index is 572. The number of methoxy groups -OCH3 is 1. The molecule has 2 aromatic rings. The number of nitriles is 1. The van der Waals surface area contributed by atoms with Gasteiger partial charge in [-0.2, -0.15) is 5.26 Å². The molecule has 0 aliphatic rings. The third kappa shape index (κ3) is 2.92. The predicted molar refractivity (Wildman–Crippen MR) is 80.8 cm³/mol. The molecule has 2 rings (SSSR count). The van der Waals surface area contributed by atoms with Gasteiger partial charge in [-0.25, -0.2) is 0 Å². The molecule has 1 unspecified atom stereocenters. The fourth-order valence-corrected chi connectivity index (χ4v) is 2.25. The average molecular weight is 266 g/mol. The Balaban J connectivity index is 2.32. The highest BCUT2D eigenvalue weighted by molar-refractivity contribution is 5.52. The van der Waals surface area contributed by atoms with Crippen molar-refractivity contribution in [1.29, 1.82) is 5.26 Å². The van der Waals surface area contributed by atoms with Crippen LogP contribution in [0.15, 0.2) is 54.6 Å². The summed E-state index contributed by atoms with van der Waals surface area (Å²) in [4.78, 5) is 2.08. The van der Waals surface area contributed by atoms with Crippen molar-refractivity contribution in [2.45, 2.75) is 13.0 Å². The summed E-state index contributed by atoms with van der Waals surface area (Å²) in [7, 11) is 1.65. The van der Waals surface area contributed by atoms with Gasteiger partial charge in [0.25, 0.3) is 0 Å². The van der Waals surface area contributed by atoms with Crippen LogP contribution < -0.4 is 9.64 Å². The molecule has 0 heterocycles. The van der Waals surface area contributed by atoms with E-state index in [1.54, 1.807) is 7.11 Å². The van der Waals surface area contributed by atoms with Crippen molar-refractivity contribution >= 4 is 5.69 Å². The quantitative estimate of drug-likeness (QED) is 0.826. The second kappa shape index (κ2) is 6.63. The highest BCUT2D eigenvalue weighted by Gasteiger charge is 2.18. The Morgan fingerprint density at radius 3 is 2.25 bits per heavy atom. The van der Waals surface area contributed by atoms with Gasteiger partial charge in [-0.05, 0) is 36.8 Å². The van der Waals surface area contributed by atoms with E-state index in [4.69, 9.17) is 4.74 Å². The van der Waals surface area contributed by atoms with E-state index in [2.05, 4.69) is 17.9 Å². The maximum Gasteiger partial charge on any atom is 0.142 e. The first-order chi connectivity index (χ1) is 9.80. The van der Waals surface area contributed by atoms with Crippen LogP contribution in [0, 0.1) is 11.3 Å². The fraction of sp³-hybridized carbons (Fsp3) is 0.235. The third-order valence-corrected chi connectivity index (χ3v) is 3.29. The van der Waals surface area contributed by atoms with Crippen LogP contribution in [0.1, 0.15) is 18.5 Å². The van der Waals surface area contributed by atoms with Gasteiger partial charge in [0.15, 0.2) is 0 Å². The molecule has 0 aromatic heterocycles. The van der Waals surface area contributed by atoms with Crippen molar-refractivity contribution in [3.8, 4) is 11.8 Å². The lowest BCUT2D eigenvalue weighted by Crippen LogP contribution is -2.27. The van der Waals surface area contributed by atoms with E-state index in [-0.39, 0.29) is 6.04 Å². The molecular formula is C17H18N2O. The van der Waals surface area contributed by atoms with E-state index in [0.717, 1.165) is 23.5 Å². The van der Waals surface area contributed by atoms with Gasteiger partial charge in [-0.3, -0.25) is 0 Å². The maximum absolute atomic E-state index is 9.53. The molecule has 0 fully saturated rings. The molecule has 0 aliphatic heterocycles. The number of nitrogens with zero attached hydrogens (tertiary/aromatic N) is 2. The Kier molecular flexibility index (Phi) is 4.62. The molecule has 1 atom stereocenters. The molecule has 3 nitrogen and oxygen atoms in total. The van der Waals surface area contributed by atoms with Gasteiger partial charge in [0.05, 0.1) is 13.2 Å². The number of hydrogen-bond donors (Lipinski definition) is 0. The summed E-state index contributed by atoms with van der Waals surface area (Å²) in [6.45, 7) is 2.82. The Hall–Kier alpha value is -2.47. The van der Waals surface area contributed by atoms with Gasteiger partial charge in [0.1, 0.15) is 11.8 Å². The molecule has 0 spiro atoms. The van der Waals surface area contributed by atoms with Gasteiger partial charge >= 0.3 is 0 Å². The molecule has 0 aliphatic carbocycles. The van der Waals surface area contributed by atoms with Gasteiger partial charge in [-0.15, -0.1) is 0 Å². The minimum Gasteiger partial charge on any atom is -0.497 e. The summed E-state index contributed by atoms with van der Waals surface area (Å²) >= 11 is 0. The van der Waals surface area contributed by atoms with E-state index in [1.807, 2.05) is 54.6 Å². The van der Waals surface area contributed by atoms with Crippen LogP contribution in [0.25, 0.3) is 0 Å². The molecule has 20 heavy (non-hydrogen) atoms. The molecule has 0 bridgehead atoms. The van der Waals surface area contributed by atoms with E-state index in [1.165, 1.54) is 0 Å². The van der Waals surface area contributed by atoms with E-state index in [9.17, 15) is 5.26 Å². The van der Waals surface area contributed by atoms with E-state index in [0.29, 0.717) is 0 Å². The molecular weight excluding hydrogens is 248 g/mol. The lowest BCUT2D eigenvalue weighted by molar-refractivity contribution is 0.415. The first-order valence-corrected chi connectivity index (χ1v) is 6.65. The zero-order valence-corrected chi connectivity index (χ0v) is 11.8. The molecule has 0 radical (unpaired) electrons. The van der Waals surface area contributed by atoms with Crippen LogP contribution in [-0.4, -0.2) is 13.7 Å². The smallest absolute Gasteiger partial charge is 0.142 e. The molecule has 102 valence electrons. The van der Waals surface area contributed by atoms with Crippen LogP contribution >= 0.6 is 0 Å². The largest absolute Gasteiger partial charge is 0.497 e. The normalized spacial score (nSPS) is 11.4. The summed E-state index contributed by atoms with van der Waals surface area (Å²) in [5, 5.41) is 9.53. The lowest BCUT2D eigenvalue weighted by Gasteiger charge is -2.28. The van der Waals surface area contributed by atoms with Crippen molar-refractivity contribution in [3.05, 3.63) is 60.2 Å². The highest BCUT2D eigenvalue weighted by atomic mass is 16.5. The number of rotatable bonds is 5.